The van der Waals surface area contributed by atoms with Gasteiger partial charge in [-0.1, -0.05) is 32.0 Å². The zero-order valence-corrected chi connectivity index (χ0v) is 12.9. The predicted octanol–water partition coefficient (Wildman–Crippen LogP) is 1.42. The maximum absolute atomic E-state index is 12.0. The lowest BCUT2D eigenvalue weighted by molar-refractivity contribution is -0.385. The molecule has 0 spiro atoms. The fourth-order valence-corrected chi connectivity index (χ4v) is 3.13. The molecule has 0 aliphatic rings. The number of hydrogen-bond donors (Lipinski definition) is 2. The van der Waals surface area contributed by atoms with Crippen LogP contribution in [0.1, 0.15) is 25.8 Å². The van der Waals surface area contributed by atoms with Gasteiger partial charge in [0.25, 0.3) is 5.69 Å². The van der Waals surface area contributed by atoms with Gasteiger partial charge in [0.1, 0.15) is 0 Å². The van der Waals surface area contributed by atoms with Gasteiger partial charge in [0.15, 0.2) is 0 Å². The minimum Gasteiger partial charge on any atom is -0.396 e. The van der Waals surface area contributed by atoms with E-state index < -0.39 is 20.7 Å². The molecular formula is C13H20N2O5S. The van der Waals surface area contributed by atoms with Crippen molar-refractivity contribution >= 4 is 15.7 Å². The van der Waals surface area contributed by atoms with E-state index in [-0.39, 0.29) is 29.8 Å². The summed E-state index contributed by atoms with van der Waals surface area (Å²) >= 11 is 0. The molecule has 0 aliphatic heterocycles. The minimum atomic E-state index is -3.68. The Bertz CT molecular complexity index is 598. The summed E-state index contributed by atoms with van der Waals surface area (Å²) in [5, 5.41) is 19.8. The van der Waals surface area contributed by atoms with Crippen molar-refractivity contribution in [2.24, 2.45) is 5.41 Å². The second-order valence-electron chi connectivity index (χ2n) is 5.60. The van der Waals surface area contributed by atoms with Gasteiger partial charge < -0.3 is 5.11 Å². The molecule has 1 aromatic rings. The lowest BCUT2D eigenvalue weighted by atomic mass is 9.90. The molecule has 0 unspecified atom stereocenters. The van der Waals surface area contributed by atoms with Gasteiger partial charge in [0.2, 0.25) is 10.0 Å². The molecule has 7 nitrogen and oxygen atoms in total. The third-order valence-corrected chi connectivity index (χ3v) is 4.37. The Morgan fingerprint density at radius 1 is 1.33 bits per heavy atom. The summed E-state index contributed by atoms with van der Waals surface area (Å²) in [5.41, 5.74) is -0.447. The first-order valence-corrected chi connectivity index (χ1v) is 8.12. The van der Waals surface area contributed by atoms with E-state index in [1.165, 1.54) is 18.2 Å². The lowest BCUT2D eigenvalue weighted by Gasteiger charge is -2.23. The Balaban J connectivity index is 2.80. The Labute approximate surface area is 124 Å². The van der Waals surface area contributed by atoms with Crippen LogP contribution < -0.4 is 4.72 Å². The Morgan fingerprint density at radius 2 is 1.95 bits per heavy atom. The van der Waals surface area contributed by atoms with E-state index in [2.05, 4.69) is 4.72 Å². The molecular weight excluding hydrogens is 296 g/mol. The van der Waals surface area contributed by atoms with Crippen LogP contribution in [0.4, 0.5) is 5.69 Å². The Hall–Kier alpha value is -1.51. The number of aliphatic hydroxyl groups excluding tert-OH is 1. The molecule has 0 saturated heterocycles. The molecule has 8 heteroatoms. The first-order chi connectivity index (χ1) is 9.67. The molecule has 0 aliphatic carbocycles. The van der Waals surface area contributed by atoms with Crippen molar-refractivity contribution in [3.8, 4) is 0 Å². The van der Waals surface area contributed by atoms with Gasteiger partial charge in [-0.25, -0.2) is 13.1 Å². The van der Waals surface area contributed by atoms with E-state index in [0.29, 0.717) is 6.42 Å². The van der Waals surface area contributed by atoms with Crippen LogP contribution in [0.25, 0.3) is 0 Å². The van der Waals surface area contributed by atoms with Crippen LogP contribution in [0.5, 0.6) is 0 Å². The summed E-state index contributed by atoms with van der Waals surface area (Å²) in [5.74, 6) is -0.445. The largest absolute Gasteiger partial charge is 0.396 e. The number of hydrogen-bond acceptors (Lipinski definition) is 5. The van der Waals surface area contributed by atoms with E-state index in [0.717, 1.165) is 0 Å². The van der Waals surface area contributed by atoms with Gasteiger partial charge in [-0.2, -0.15) is 0 Å². The topological polar surface area (TPSA) is 110 Å². The molecule has 0 atom stereocenters. The molecule has 2 N–H and O–H groups in total. The highest BCUT2D eigenvalue weighted by atomic mass is 32.2. The summed E-state index contributed by atoms with van der Waals surface area (Å²) < 4.78 is 26.5. The smallest absolute Gasteiger partial charge is 0.273 e. The Kier molecular flexibility index (Phi) is 5.82. The molecule has 0 heterocycles. The fraction of sp³-hybridized carbons (Fsp3) is 0.538. The van der Waals surface area contributed by atoms with Crippen LogP contribution in [0.2, 0.25) is 0 Å². The molecule has 118 valence electrons. The molecule has 0 bridgehead atoms. The third-order valence-electron chi connectivity index (χ3n) is 3.09. The van der Waals surface area contributed by atoms with E-state index in [9.17, 15) is 18.5 Å². The predicted molar refractivity (Wildman–Crippen MR) is 79.2 cm³/mol. The van der Waals surface area contributed by atoms with Crippen molar-refractivity contribution < 1.29 is 18.4 Å². The average Bonchev–Trinajstić information content (AvgIpc) is 2.37. The lowest BCUT2D eigenvalue weighted by Crippen LogP contribution is -2.35. The van der Waals surface area contributed by atoms with Gasteiger partial charge in [-0.15, -0.1) is 0 Å². The fourth-order valence-electron chi connectivity index (χ4n) is 1.76. The molecule has 0 saturated carbocycles. The zero-order valence-electron chi connectivity index (χ0n) is 12.1. The van der Waals surface area contributed by atoms with E-state index >= 15 is 0 Å². The number of para-hydroxylation sites is 1. The van der Waals surface area contributed by atoms with Gasteiger partial charge in [0.05, 0.1) is 10.7 Å². The van der Waals surface area contributed by atoms with Gasteiger partial charge >= 0.3 is 0 Å². The van der Waals surface area contributed by atoms with Crippen molar-refractivity contribution in [3.63, 3.8) is 0 Å². The monoisotopic (exact) mass is 316 g/mol. The molecule has 21 heavy (non-hydrogen) atoms. The van der Waals surface area contributed by atoms with Crippen LogP contribution >= 0.6 is 0 Å². The van der Waals surface area contributed by atoms with Gasteiger partial charge in [-0.05, 0) is 11.8 Å². The van der Waals surface area contributed by atoms with Crippen molar-refractivity contribution in [1.29, 1.82) is 0 Å². The zero-order chi connectivity index (χ0) is 16.1. The summed E-state index contributed by atoms with van der Waals surface area (Å²) in [6.45, 7) is 3.79. The van der Waals surface area contributed by atoms with Crippen LogP contribution in [-0.4, -0.2) is 31.6 Å². The maximum atomic E-state index is 12.0. The standard InChI is InChI=1S/C13H20N2O5S/c1-13(2,7-8-16)10-14-21(19,20)9-11-5-3-4-6-12(11)15(17)18/h3-6,14,16H,7-10H2,1-2H3. The number of nitrogens with zero attached hydrogens (tertiary/aromatic N) is 1. The normalized spacial score (nSPS) is 12.3. The first kappa shape index (κ1) is 17.5. The quantitative estimate of drug-likeness (QED) is 0.557. The minimum absolute atomic E-state index is 0.0289. The summed E-state index contributed by atoms with van der Waals surface area (Å²) in [6, 6.07) is 5.76. The summed E-state index contributed by atoms with van der Waals surface area (Å²) in [6.07, 6.45) is 0.459. The second kappa shape index (κ2) is 6.97. The molecule has 1 aromatic carbocycles. The van der Waals surface area contributed by atoms with Crippen LogP contribution in [0, 0.1) is 15.5 Å². The maximum Gasteiger partial charge on any atom is 0.273 e. The number of nitro groups is 1. The molecule has 0 fully saturated rings. The van der Waals surface area contributed by atoms with Gasteiger partial charge in [0, 0.05) is 24.8 Å². The highest BCUT2D eigenvalue weighted by molar-refractivity contribution is 7.88. The third kappa shape index (κ3) is 5.78. The SMILES string of the molecule is CC(C)(CCO)CNS(=O)(=O)Cc1ccccc1[N+](=O)[O-]. The van der Waals surface area contributed by atoms with E-state index in [1.54, 1.807) is 6.07 Å². The molecule has 0 aromatic heterocycles. The van der Waals surface area contributed by atoms with Crippen LogP contribution in [-0.2, 0) is 15.8 Å². The average molecular weight is 316 g/mol. The summed E-state index contributed by atoms with van der Waals surface area (Å²) in [7, 11) is -3.68. The molecule has 1 rings (SSSR count). The van der Waals surface area contributed by atoms with Gasteiger partial charge in [-0.3, -0.25) is 10.1 Å². The summed E-state index contributed by atoms with van der Waals surface area (Å²) in [4.78, 5) is 10.3. The second-order valence-corrected chi connectivity index (χ2v) is 7.41. The number of aliphatic hydroxyl groups is 1. The highest BCUT2D eigenvalue weighted by Gasteiger charge is 2.23. The van der Waals surface area contributed by atoms with Crippen LogP contribution in [0.3, 0.4) is 0 Å². The number of rotatable bonds is 8. The van der Waals surface area contributed by atoms with E-state index in [1.807, 2.05) is 13.8 Å². The van der Waals surface area contributed by atoms with Crippen molar-refractivity contribution in [3.05, 3.63) is 39.9 Å². The number of nitrogens with one attached hydrogen (secondary N) is 1. The van der Waals surface area contributed by atoms with Crippen molar-refractivity contribution in [2.45, 2.75) is 26.0 Å². The van der Waals surface area contributed by atoms with Crippen molar-refractivity contribution in [1.82, 2.24) is 4.72 Å². The molecule has 0 radical (unpaired) electrons. The van der Waals surface area contributed by atoms with Crippen LogP contribution in [0.15, 0.2) is 24.3 Å². The number of sulfonamides is 1. The van der Waals surface area contributed by atoms with Crippen molar-refractivity contribution in [2.75, 3.05) is 13.2 Å². The number of nitro benzene ring substituents is 1. The van der Waals surface area contributed by atoms with E-state index in [4.69, 9.17) is 5.11 Å². The molecule has 0 amide bonds. The highest BCUT2D eigenvalue weighted by Crippen LogP contribution is 2.21. The first-order valence-electron chi connectivity index (χ1n) is 6.47. The Morgan fingerprint density at radius 3 is 2.52 bits per heavy atom. The number of benzene rings is 1.